The van der Waals surface area contributed by atoms with E-state index in [-0.39, 0.29) is 5.92 Å². The summed E-state index contributed by atoms with van der Waals surface area (Å²) in [5.74, 6) is 0.907. The number of ether oxygens (including phenoxy) is 1. The third kappa shape index (κ3) is 2.58. The largest absolute Gasteiger partial charge is 0.478 e. The molecule has 3 heteroatoms. The second kappa shape index (κ2) is 5.78. The predicted octanol–water partition coefficient (Wildman–Crippen LogP) is 4.98. The molecule has 1 aliphatic heterocycles. The molecule has 0 saturated heterocycles. The van der Waals surface area contributed by atoms with Crippen molar-refractivity contribution in [1.29, 1.82) is 0 Å². The van der Waals surface area contributed by atoms with E-state index in [1.165, 1.54) is 0 Å². The maximum atomic E-state index is 11.8. The fraction of sp³-hybridized carbons (Fsp3) is 0.136. The number of allylic oxidation sites excluding steroid dienone is 3. The standard InChI is InChI=1S/C22H18O3/c1-13-8-10-19-18(11-13)21(15-5-3-4-6-16(15)22(23)24)17-9-7-14(2)12-20(17)25-19/h3-12,14H,1-2H3,(H,23,24). The summed E-state index contributed by atoms with van der Waals surface area (Å²) in [6.07, 6.45) is 6.22. The number of aromatic carboxylic acids is 1. The number of hydrogen-bond acceptors (Lipinski definition) is 2. The predicted molar refractivity (Wildman–Crippen MR) is 97.6 cm³/mol. The van der Waals surface area contributed by atoms with Gasteiger partial charge in [0.1, 0.15) is 11.5 Å². The van der Waals surface area contributed by atoms with Crippen LogP contribution in [0.15, 0.2) is 72.0 Å². The zero-order chi connectivity index (χ0) is 17.6. The lowest BCUT2D eigenvalue weighted by atomic mass is 9.84. The van der Waals surface area contributed by atoms with Gasteiger partial charge >= 0.3 is 5.97 Å². The Bertz CT molecular complexity index is 977. The average molecular weight is 330 g/mol. The first-order chi connectivity index (χ1) is 12.0. The maximum Gasteiger partial charge on any atom is 0.336 e. The van der Waals surface area contributed by atoms with E-state index in [1.54, 1.807) is 12.1 Å². The molecule has 0 spiro atoms. The molecule has 3 nitrogen and oxygen atoms in total. The Balaban J connectivity index is 2.07. The Kier molecular flexibility index (Phi) is 3.57. The topological polar surface area (TPSA) is 46.5 Å². The molecule has 4 rings (SSSR count). The first-order valence-corrected chi connectivity index (χ1v) is 8.31. The van der Waals surface area contributed by atoms with Crippen molar-refractivity contribution >= 4 is 11.5 Å². The normalized spacial score (nSPS) is 18.2. The highest BCUT2D eigenvalue weighted by molar-refractivity contribution is 6.00. The molecular weight excluding hydrogens is 312 g/mol. The van der Waals surface area contributed by atoms with Gasteiger partial charge in [0.2, 0.25) is 0 Å². The van der Waals surface area contributed by atoms with Crippen LogP contribution in [0, 0.1) is 12.8 Å². The van der Waals surface area contributed by atoms with E-state index in [2.05, 4.69) is 25.1 Å². The average Bonchev–Trinajstić information content (AvgIpc) is 2.60. The molecule has 1 aliphatic carbocycles. The van der Waals surface area contributed by atoms with E-state index in [1.807, 2.05) is 37.3 Å². The molecular formula is C22H18O3. The van der Waals surface area contributed by atoms with Gasteiger partial charge in [0.25, 0.3) is 0 Å². The van der Waals surface area contributed by atoms with Crippen molar-refractivity contribution in [3.63, 3.8) is 0 Å². The van der Waals surface area contributed by atoms with Gasteiger partial charge in [-0.1, -0.05) is 48.9 Å². The highest BCUT2D eigenvalue weighted by Crippen LogP contribution is 2.44. The third-order valence-corrected chi connectivity index (χ3v) is 4.57. The molecule has 0 bridgehead atoms. The SMILES string of the molecule is Cc1ccc2c(c1)C(c1ccccc1C(=O)O)=C1C=CC(C)C=C1O2. The Morgan fingerprint density at radius 2 is 1.92 bits per heavy atom. The molecule has 1 N–H and O–H groups in total. The highest BCUT2D eigenvalue weighted by atomic mass is 16.5. The van der Waals surface area contributed by atoms with Crippen LogP contribution in [0.4, 0.5) is 0 Å². The smallest absolute Gasteiger partial charge is 0.336 e. The molecule has 0 amide bonds. The highest BCUT2D eigenvalue weighted by Gasteiger charge is 2.28. The number of carboxylic acids is 1. The fourth-order valence-electron chi connectivity index (χ4n) is 3.38. The first kappa shape index (κ1) is 15.5. The summed E-state index contributed by atoms with van der Waals surface area (Å²) in [6, 6.07) is 13.2. The van der Waals surface area contributed by atoms with Crippen molar-refractivity contribution in [2.75, 3.05) is 0 Å². The van der Waals surface area contributed by atoms with Gasteiger partial charge in [-0.15, -0.1) is 0 Å². The summed E-state index contributed by atoms with van der Waals surface area (Å²) < 4.78 is 6.12. The molecule has 1 heterocycles. The molecule has 2 aromatic rings. The van der Waals surface area contributed by atoms with Crippen LogP contribution in [0.3, 0.4) is 0 Å². The van der Waals surface area contributed by atoms with Crippen molar-refractivity contribution in [2.24, 2.45) is 5.92 Å². The zero-order valence-electron chi connectivity index (χ0n) is 14.1. The van der Waals surface area contributed by atoms with Crippen LogP contribution in [0.1, 0.15) is 34.0 Å². The van der Waals surface area contributed by atoms with Crippen LogP contribution in [-0.2, 0) is 0 Å². The van der Waals surface area contributed by atoms with Crippen LogP contribution >= 0.6 is 0 Å². The number of hydrogen-bond donors (Lipinski definition) is 1. The summed E-state index contributed by atoms with van der Waals surface area (Å²) in [6.45, 7) is 4.12. The van der Waals surface area contributed by atoms with Gasteiger partial charge in [-0.2, -0.15) is 0 Å². The second-order valence-electron chi connectivity index (χ2n) is 6.49. The summed E-state index contributed by atoms with van der Waals surface area (Å²) in [7, 11) is 0. The molecule has 1 atom stereocenters. The Morgan fingerprint density at radius 1 is 1.12 bits per heavy atom. The van der Waals surface area contributed by atoms with Crippen molar-refractivity contribution in [3.05, 3.63) is 94.3 Å². The minimum atomic E-state index is -0.928. The lowest BCUT2D eigenvalue weighted by Gasteiger charge is -2.28. The van der Waals surface area contributed by atoms with Crippen molar-refractivity contribution in [1.82, 2.24) is 0 Å². The Labute approximate surface area is 146 Å². The Morgan fingerprint density at radius 3 is 2.72 bits per heavy atom. The van der Waals surface area contributed by atoms with Gasteiger partial charge in [-0.3, -0.25) is 0 Å². The van der Waals surface area contributed by atoms with E-state index in [4.69, 9.17) is 4.74 Å². The van der Waals surface area contributed by atoms with Crippen LogP contribution in [0.2, 0.25) is 0 Å². The van der Waals surface area contributed by atoms with Gasteiger partial charge < -0.3 is 9.84 Å². The van der Waals surface area contributed by atoms with Gasteiger partial charge in [0.15, 0.2) is 0 Å². The number of rotatable bonds is 2. The van der Waals surface area contributed by atoms with Gasteiger partial charge in [-0.25, -0.2) is 4.79 Å². The van der Waals surface area contributed by atoms with Crippen molar-refractivity contribution in [2.45, 2.75) is 13.8 Å². The molecule has 2 aromatic carbocycles. The van der Waals surface area contributed by atoms with Crippen LogP contribution < -0.4 is 4.74 Å². The molecule has 0 fully saturated rings. The van der Waals surface area contributed by atoms with E-state index in [0.717, 1.165) is 33.8 Å². The van der Waals surface area contributed by atoms with Crippen LogP contribution in [0.5, 0.6) is 5.75 Å². The Hall–Kier alpha value is -3.07. The fourth-order valence-corrected chi connectivity index (χ4v) is 3.38. The van der Waals surface area contributed by atoms with Gasteiger partial charge in [0, 0.05) is 16.7 Å². The van der Waals surface area contributed by atoms with Crippen LogP contribution in [0.25, 0.3) is 5.57 Å². The van der Waals surface area contributed by atoms with Gasteiger partial charge in [0.05, 0.1) is 5.56 Å². The molecule has 2 aliphatic rings. The lowest BCUT2D eigenvalue weighted by Crippen LogP contribution is -2.14. The van der Waals surface area contributed by atoms with Gasteiger partial charge in [-0.05, 0) is 42.7 Å². The van der Waals surface area contributed by atoms with E-state index in [0.29, 0.717) is 11.1 Å². The molecule has 0 radical (unpaired) electrons. The van der Waals surface area contributed by atoms with Crippen molar-refractivity contribution in [3.8, 4) is 5.75 Å². The summed E-state index contributed by atoms with van der Waals surface area (Å²) >= 11 is 0. The monoisotopic (exact) mass is 330 g/mol. The summed E-state index contributed by atoms with van der Waals surface area (Å²) in [4.78, 5) is 11.8. The van der Waals surface area contributed by atoms with E-state index >= 15 is 0 Å². The van der Waals surface area contributed by atoms with E-state index < -0.39 is 5.97 Å². The van der Waals surface area contributed by atoms with Crippen LogP contribution in [-0.4, -0.2) is 11.1 Å². The zero-order valence-corrected chi connectivity index (χ0v) is 14.1. The first-order valence-electron chi connectivity index (χ1n) is 8.31. The number of aryl methyl sites for hydroxylation is 1. The number of carboxylic acid groups (broad SMARTS) is 1. The molecule has 0 saturated carbocycles. The molecule has 1 unspecified atom stereocenters. The number of carbonyl (C=O) groups is 1. The number of fused-ring (bicyclic) bond motifs is 2. The molecule has 0 aromatic heterocycles. The molecule has 124 valence electrons. The third-order valence-electron chi connectivity index (χ3n) is 4.57. The minimum Gasteiger partial charge on any atom is -0.478 e. The lowest BCUT2D eigenvalue weighted by molar-refractivity contribution is 0.0696. The maximum absolute atomic E-state index is 11.8. The number of benzene rings is 2. The summed E-state index contributed by atoms with van der Waals surface area (Å²) in [5, 5.41) is 9.65. The van der Waals surface area contributed by atoms with Crippen molar-refractivity contribution < 1.29 is 14.6 Å². The van der Waals surface area contributed by atoms with E-state index in [9.17, 15) is 9.90 Å². The minimum absolute atomic E-state index is 0.279. The second-order valence-corrected chi connectivity index (χ2v) is 6.49. The quantitative estimate of drug-likeness (QED) is 0.845. The molecule has 25 heavy (non-hydrogen) atoms. The summed E-state index contributed by atoms with van der Waals surface area (Å²) in [5.41, 5.74) is 4.90.